The molecule has 1 aliphatic heterocycles. The van der Waals surface area contributed by atoms with E-state index in [4.69, 9.17) is 10.5 Å². The summed E-state index contributed by atoms with van der Waals surface area (Å²) in [5, 5.41) is 0. The van der Waals surface area contributed by atoms with Crippen molar-refractivity contribution in [2.24, 2.45) is 5.73 Å². The van der Waals surface area contributed by atoms with Crippen LogP contribution in [0.1, 0.15) is 49.9 Å². The van der Waals surface area contributed by atoms with Crippen molar-refractivity contribution in [2.45, 2.75) is 58.0 Å². The Morgan fingerprint density at radius 2 is 2.04 bits per heavy atom. The number of fused-ring (bicyclic) bond motifs is 1. The summed E-state index contributed by atoms with van der Waals surface area (Å²) in [4.78, 5) is 4.35. The van der Waals surface area contributed by atoms with Crippen LogP contribution < -0.4 is 10.5 Å². The highest BCUT2D eigenvalue weighted by Crippen LogP contribution is 2.39. The van der Waals surface area contributed by atoms with Gasteiger partial charge in [0.15, 0.2) is 0 Å². The van der Waals surface area contributed by atoms with Crippen LogP contribution in [0.4, 0.5) is 13.2 Å². The zero-order chi connectivity index (χ0) is 20.5. The molecule has 3 rings (SSSR count). The van der Waals surface area contributed by atoms with Gasteiger partial charge in [-0.2, -0.15) is 0 Å². The van der Waals surface area contributed by atoms with Crippen molar-refractivity contribution < 1.29 is 17.9 Å². The van der Waals surface area contributed by atoms with Crippen molar-refractivity contribution in [3.63, 3.8) is 0 Å². The van der Waals surface area contributed by atoms with Crippen LogP contribution in [-0.4, -0.2) is 17.0 Å². The maximum absolute atomic E-state index is 14.8. The van der Waals surface area contributed by atoms with E-state index in [1.165, 1.54) is 13.0 Å². The number of aryl methyl sites for hydroxylation is 1. The molecule has 0 bridgehead atoms. The van der Waals surface area contributed by atoms with Crippen LogP contribution in [0, 0.1) is 5.82 Å². The summed E-state index contributed by atoms with van der Waals surface area (Å²) >= 11 is 0. The van der Waals surface area contributed by atoms with Crippen molar-refractivity contribution in [1.82, 2.24) is 4.98 Å². The molecule has 0 spiro atoms. The third kappa shape index (κ3) is 4.16. The topological polar surface area (TPSA) is 48.1 Å². The standard InChI is InChI=1S/C22H25F3N2O/c1-4-14-6-8-16(19(23)10-14)18-11-20(13(3)26)27-21-17(18)9-7-15(28-21)12-22(24,25)5-2/h6,8,10-11,15H,3-5,7,9,12,26H2,1-2H3/t15-/m1/s1. The lowest BCUT2D eigenvalue weighted by molar-refractivity contribution is -0.0456. The molecule has 0 saturated carbocycles. The first kappa shape index (κ1) is 20.2. The number of pyridine rings is 1. The van der Waals surface area contributed by atoms with Gasteiger partial charge in [-0.3, -0.25) is 0 Å². The zero-order valence-electron chi connectivity index (χ0n) is 16.2. The third-order valence-electron chi connectivity index (χ3n) is 5.19. The van der Waals surface area contributed by atoms with Crippen LogP contribution in [0.15, 0.2) is 30.8 Å². The van der Waals surface area contributed by atoms with E-state index in [9.17, 15) is 13.2 Å². The van der Waals surface area contributed by atoms with Crippen molar-refractivity contribution in [1.29, 1.82) is 0 Å². The van der Waals surface area contributed by atoms with Crippen LogP contribution >= 0.6 is 0 Å². The molecule has 0 radical (unpaired) electrons. The van der Waals surface area contributed by atoms with Gasteiger partial charge < -0.3 is 10.5 Å². The van der Waals surface area contributed by atoms with E-state index in [-0.39, 0.29) is 30.2 Å². The van der Waals surface area contributed by atoms with Gasteiger partial charge in [0, 0.05) is 24.0 Å². The van der Waals surface area contributed by atoms with Crippen molar-refractivity contribution in [2.75, 3.05) is 0 Å². The number of nitrogens with two attached hydrogens (primary N) is 1. The third-order valence-corrected chi connectivity index (χ3v) is 5.19. The van der Waals surface area contributed by atoms with E-state index in [0.717, 1.165) is 12.0 Å². The number of rotatable bonds is 6. The molecule has 1 aromatic carbocycles. The van der Waals surface area contributed by atoms with Gasteiger partial charge in [-0.15, -0.1) is 0 Å². The molecule has 0 saturated heterocycles. The van der Waals surface area contributed by atoms with E-state index < -0.39 is 12.0 Å². The van der Waals surface area contributed by atoms with E-state index >= 15 is 0 Å². The average Bonchev–Trinajstić information content (AvgIpc) is 2.66. The molecule has 0 aliphatic carbocycles. The Morgan fingerprint density at radius 3 is 2.64 bits per heavy atom. The molecular weight excluding hydrogens is 365 g/mol. The quantitative estimate of drug-likeness (QED) is 0.708. The second kappa shape index (κ2) is 7.86. The minimum absolute atomic E-state index is 0.208. The normalized spacial score (nSPS) is 16.4. The molecule has 0 amide bonds. The smallest absolute Gasteiger partial charge is 0.251 e. The second-order valence-electron chi connectivity index (χ2n) is 7.22. The van der Waals surface area contributed by atoms with Crippen LogP contribution in [0.2, 0.25) is 0 Å². The van der Waals surface area contributed by atoms with Gasteiger partial charge in [0.2, 0.25) is 5.88 Å². The van der Waals surface area contributed by atoms with Crippen LogP contribution in [-0.2, 0) is 12.8 Å². The van der Waals surface area contributed by atoms with Gasteiger partial charge in [0.05, 0.1) is 11.4 Å². The van der Waals surface area contributed by atoms with Gasteiger partial charge >= 0.3 is 0 Å². The monoisotopic (exact) mass is 390 g/mol. The fourth-order valence-corrected chi connectivity index (χ4v) is 3.43. The molecule has 2 heterocycles. The summed E-state index contributed by atoms with van der Waals surface area (Å²) in [6, 6.07) is 6.80. The van der Waals surface area contributed by atoms with Crippen LogP contribution in [0.3, 0.4) is 0 Å². The highest BCUT2D eigenvalue weighted by atomic mass is 19.3. The molecule has 1 aliphatic rings. The zero-order valence-corrected chi connectivity index (χ0v) is 16.2. The number of hydrogen-bond donors (Lipinski definition) is 1. The Morgan fingerprint density at radius 1 is 1.29 bits per heavy atom. The Bertz CT molecular complexity index is 896. The first-order valence-electron chi connectivity index (χ1n) is 9.56. The number of aromatic nitrogens is 1. The molecule has 150 valence electrons. The fraction of sp³-hybridized carbons (Fsp3) is 0.409. The van der Waals surface area contributed by atoms with Crippen molar-refractivity contribution in [3.05, 3.63) is 53.5 Å². The first-order chi connectivity index (χ1) is 13.2. The summed E-state index contributed by atoms with van der Waals surface area (Å²) in [6.07, 6.45) is 0.382. The molecule has 1 aromatic heterocycles. The largest absolute Gasteiger partial charge is 0.474 e. The van der Waals surface area contributed by atoms with Crippen LogP contribution in [0.25, 0.3) is 16.8 Å². The molecule has 2 N–H and O–H groups in total. The minimum atomic E-state index is -2.79. The van der Waals surface area contributed by atoms with Gasteiger partial charge in [-0.25, -0.2) is 18.2 Å². The van der Waals surface area contributed by atoms with E-state index in [2.05, 4.69) is 11.6 Å². The van der Waals surface area contributed by atoms with Crippen molar-refractivity contribution >= 4 is 5.70 Å². The number of halogens is 3. The lowest BCUT2D eigenvalue weighted by atomic mass is 9.91. The number of nitrogens with zero attached hydrogens (tertiary/aromatic N) is 1. The van der Waals surface area contributed by atoms with E-state index in [1.807, 2.05) is 13.0 Å². The van der Waals surface area contributed by atoms with E-state index in [1.54, 1.807) is 12.1 Å². The lowest BCUT2D eigenvalue weighted by Crippen LogP contribution is -2.31. The van der Waals surface area contributed by atoms with Gasteiger partial charge in [-0.05, 0) is 42.5 Å². The molecule has 28 heavy (non-hydrogen) atoms. The summed E-state index contributed by atoms with van der Waals surface area (Å²) < 4.78 is 48.2. The molecular formula is C22H25F3N2O. The summed E-state index contributed by atoms with van der Waals surface area (Å²) in [5.74, 6) is -2.90. The molecule has 3 nitrogen and oxygen atoms in total. The fourth-order valence-electron chi connectivity index (χ4n) is 3.43. The summed E-state index contributed by atoms with van der Waals surface area (Å²) in [7, 11) is 0. The Labute approximate surface area is 163 Å². The highest BCUT2D eigenvalue weighted by Gasteiger charge is 2.35. The SMILES string of the molecule is C=C(N)c1cc(-c2ccc(CC)cc2F)c2c(n1)O[C@@H](CC(F)(F)CC)CC2. The van der Waals surface area contributed by atoms with Crippen molar-refractivity contribution in [3.8, 4) is 17.0 Å². The number of hydrogen-bond acceptors (Lipinski definition) is 3. The highest BCUT2D eigenvalue weighted by molar-refractivity contribution is 5.74. The number of alkyl halides is 2. The lowest BCUT2D eigenvalue weighted by Gasteiger charge is -2.29. The first-order valence-corrected chi connectivity index (χ1v) is 9.56. The Hall–Kier alpha value is -2.50. The van der Waals surface area contributed by atoms with Gasteiger partial charge in [-0.1, -0.05) is 32.6 Å². The van der Waals surface area contributed by atoms with Gasteiger partial charge in [0.1, 0.15) is 11.9 Å². The average molecular weight is 390 g/mol. The van der Waals surface area contributed by atoms with Crippen LogP contribution in [0.5, 0.6) is 5.88 Å². The molecule has 0 unspecified atom stereocenters. The number of ether oxygens (including phenoxy) is 1. The predicted octanol–water partition coefficient (Wildman–Crippen LogP) is 5.51. The molecule has 2 aromatic rings. The van der Waals surface area contributed by atoms with E-state index in [0.29, 0.717) is 35.2 Å². The maximum Gasteiger partial charge on any atom is 0.251 e. The Kier molecular flexibility index (Phi) is 5.68. The minimum Gasteiger partial charge on any atom is -0.474 e. The maximum atomic E-state index is 14.8. The summed E-state index contributed by atoms with van der Waals surface area (Å²) in [6.45, 7) is 7.11. The summed E-state index contributed by atoms with van der Waals surface area (Å²) in [5.41, 5.74) is 9.01. The predicted molar refractivity (Wildman–Crippen MR) is 105 cm³/mol. The molecule has 1 atom stereocenters. The van der Waals surface area contributed by atoms with Gasteiger partial charge in [0.25, 0.3) is 5.92 Å². The Balaban J connectivity index is 2.04. The second-order valence-corrected chi connectivity index (χ2v) is 7.22. The molecule has 6 heteroatoms. The molecule has 0 fully saturated rings. The number of benzene rings is 1.